The fraction of sp³-hybridized carbons (Fsp3) is 0.250. The summed E-state index contributed by atoms with van der Waals surface area (Å²) in [6, 6.07) is 21.8. The molecule has 3 aromatic carbocycles. The van der Waals surface area contributed by atoms with E-state index < -0.39 is 11.1 Å². The van der Waals surface area contributed by atoms with Crippen molar-refractivity contribution in [3.05, 3.63) is 88.3 Å². The molecule has 2 heterocycles. The number of rotatable bonds is 10. The molecule has 0 spiro atoms. The van der Waals surface area contributed by atoms with Gasteiger partial charge in [0, 0.05) is 42.6 Å². The third-order valence-corrected chi connectivity index (χ3v) is 8.10. The molecule has 2 fully saturated rings. The number of para-hydroxylation sites is 1. The van der Waals surface area contributed by atoms with Crippen molar-refractivity contribution in [1.29, 1.82) is 0 Å². The molecular weight excluding hydrogens is 604 g/mol. The van der Waals surface area contributed by atoms with E-state index in [9.17, 15) is 19.2 Å². The zero-order valence-corrected chi connectivity index (χ0v) is 25.6. The number of imide groups is 1. The van der Waals surface area contributed by atoms with Crippen LogP contribution in [-0.4, -0.2) is 78.7 Å². The lowest BCUT2D eigenvalue weighted by atomic mass is 10.2. The molecule has 228 valence electrons. The molecular formula is C32H31ClN4O6S. The molecule has 1 N–H and O–H groups in total. The van der Waals surface area contributed by atoms with Crippen LogP contribution in [0.15, 0.2) is 77.7 Å². The van der Waals surface area contributed by atoms with Crippen molar-refractivity contribution in [3.8, 4) is 11.5 Å². The number of hydrogen-bond acceptors (Lipinski definition) is 8. The van der Waals surface area contributed by atoms with E-state index in [-0.39, 0.29) is 29.9 Å². The molecule has 2 aliphatic rings. The van der Waals surface area contributed by atoms with Gasteiger partial charge in [-0.1, -0.05) is 41.9 Å². The molecule has 10 nitrogen and oxygen atoms in total. The standard InChI is InChI=1S/C32H31ClN4O6S/c1-2-42-27-17-22(11-12-26(27)43-21-29(38)34-24-8-6-7-23(33)19-24)18-28-31(40)37(32(41)44-28)20-30(39)36-15-13-35(14-16-36)25-9-4-3-5-10-25/h3-12,17-19H,2,13-16,20-21H2,1H3,(H,34,38)/b28-18+. The highest BCUT2D eigenvalue weighted by Crippen LogP contribution is 2.35. The maximum Gasteiger partial charge on any atom is 0.294 e. The molecule has 3 aromatic rings. The van der Waals surface area contributed by atoms with E-state index >= 15 is 0 Å². The van der Waals surface area contributed by atoms with E-state index in [1.807, 2.05) is 37.3 Å². The largest absolute Gasteiger partial charge is 0.490 e. The lowest BCUT2D eigenvalue weighted by Crippen LogP contribution is -2.51. The average Bonchev–Trinajstić information content (AvgIpc) is 3.28. The second-order valence-corrected chi connectivity index (χ2v) is 11.4. The van der Waals surface area contributed by atoms with E-state index in [0.717, 1.165) is 22.3 Å². The summed E-state index contributed by atoms with van der Waals surface area (Å²) in [5.41, 5.74) is 2.24. The average molecular weight is 635 g/mol. The van der Waals surface area contributed by atoms with Crippen molar-refractivity contribution in [3.63, 3.8) is 0 Å². The Kier molecular flexibility index (Phi) is 10.1. The Morgan fingerprint density at radius 1 is 0.932 bits per heavy atom. The Labute approximate surface area is 264 Å². The number of piperazine rings is 1. The van der Waals surface area contributed by atoms with E-state index in [0.29, 0.717) is 60.6 Å². The van der Waals surface area contributed by atoms with E-state index in [1.54, 1.807) is 53.4 Å². The molecule has 0 radical (unpaired) electrons. The molecule has 0 aliphatic carbocycles. The highest BCUT2D eigenvalue weighted by molar-refractivity contribution is 8.18. The maximum atomic E-state index is 13.1. The summed E-state index contributed by atoms with van der Waals surface area (Å²) >= 11 is 6.76. The number of carbonyl (C=O) groups excluding carboxylic acids is 4. The van der Waals surface area contributed by atoms with Gasteiger partial charge in [0.25, 0.3) is 17.1 Å². The number of halogens is 1. The van der Waals surface area contributed by atoms with Crippen LogP contribution in [0.2, 0.25) is 5.02 Å². The van der Waals surface area contributed by atoms with Gasteiger partial charge in [-0.25, -0.2) is 0 Å². The summed E-state index contributed by atoms with van der Waals surface area (Å²) in [6.45, 7) is 3.95. The molecule has 0 bridgehead atoms. The van der Waals surface area contributed by atoms with Gasteiger partial charge < -0.3 is 24.6 Å². The Balaban J connectivity index is 1.18. The number of benzene rings is 3. The number of thioether (sulfide) groups is 1. The van der Waals surface area contributed by atoms with Crippen molar-refractivity contribution < 1.29 is 28.7 Å². The summed E-state index contributed by atoms with van der Waals surface area (Å²) < 4.78 is 11.4. The van der Waals surface area contributed by atoms with Gasteiger partial charge in [0.2, 0.25) is 5.91 Å². The normalized spacial score (nSPS) is 16.0. The Morgan fingerprint density at radius 2 is 1.70 bits per heavy atom. The SMILES string of the molecule is CCOc1cc(/C=C2/SC(=O)N(CC(=O)N3CCN(c4ccccc4)CC3)C2=O)ccc1OCC(=O)Nc1cccc(Cl)c1. The van der Waals surface area contributed by atoms with Gasteiger partial charge in [0.05, 0.1) is 11.5 Å². The van der Waals surface area contributed by atoms with Crippen molar-refractivity contribution in [1.82, 2.24) is 9.80 Å². The molecule has 0 atom stereocenters. The van der Waals surface area contributed by atoms with Crippen molar-refractivity contribution in [2.45, 2.75) is 6.92 Å². The van der Waals surface area contributed by atoms with E-state index in [2.05, 4.69) is 10.2 Å². The number of carbonyl (C=O) groups is 4. The van der Waals surface area contributed by atoms with Crippen LogP contribution in [0.1, 0.15) is 12.5 Å². The highest BCUT2D eigenvalue weighted by Gasteiger charge is 2.37. The quantitative estimate of drug-likeness (QED) is 0.306. The second kappa shape index (κ2) is 14.3. The Bertz CT molecular complexity index is 1580. The van der Waals surface area contributed by atoms with Crippen molar-refractivity contribution >= 4 is 63.8 Å². The van der Waals surface area contributed by atoms with Crippen LogP contribution in [0, 0.1) is 0 Å². The molecule has 12 heteroatoms. The zero-order valence-electron chi connectivity index (χ0n) is 24.0. The monoisotopic (exact) mass is 634 g/mol. The number of nitrogens with zero attached hydrogens (tertiary/aromatic N) is 3. The van der Waals surface area contributed by atoms with Gasteiger partial charge in [-0.3, -0.25) is 24.1 Å². The van der Waals surface area contributed by atoms with Gasteiger partial charge in [0.1, 0.15) is 6.54 Å². The minimum absolute atomic E-state index is 0.203. The van der Waals surface area contributed by atoms with Gasteiger partial charge >= 0.3 is 0 Å². The lowest BCUT2D eigenvalue weighted by molar-refractivity contribution is -0.136. The molecule has 2 saturated heterocycles. The van der Waals surface area contributed by atoms with Crippen LogP contribution in [0.4, 0.5) is 16.2 Å². The first-order chi connectivity index (χ1) is 21.3. The van der Waals surface area contributed by atoms with Gasteiger partial charge in [0.15, 0.2) is 18.1 Å². The predicted octanol–water partition coefficient (Wildman–Crippen LogP) is 5.14. The van der Waals surface area contributed by atoms with Gasteiger partial charge in [-0.15, -0.1) is 0 Å². The third-order valence-electron chi connectivity index (χ3n) is 6.95. The zero-order chi connectivity index (χ0) is 31.1. The Morgan fingerprint density at radius 3 is 2.43 bits per heavy atom. The number of hydrogen-bond donors (Lipinski definition) is 1. The van der Waals surface area contributed by atoms with Gasteiger partial charge in [-0.05, 0) is 72.8 Å². The number of ether oxygens (including phenoxy) is 2. The number of amides is 4. The predicted molar refractivity (Wildman–Crippen MR) is 171 cm³/mol. The molecule has 5 rings (SSSR count). The fourth-order valence-electron chi connectivity index (χ4n) is 4.78. The maximum absolute atomic E-state index is 13.1. The van der Waals surface area contributed by atoms with Crippen LogP contribution in [0.3, 0.4) is 0 Å². The number of nitrogens with one attached hydrogen (secondary N) is 1. The highest BCUT2D eigenvalue weighted by atomic mass is 35.5. The van der Waals surface area contributed by atoms with E-state index in [4.69, 9.17) is 21.1 Å². The summed E-state index contributed by atoms with van der Waals surface area (Å²) in [7, 11) is 0. The summed E-state index contributed by atoms with van der Waals surface area (Å²) in [4.78, 5) is 56.3. The number of anilines is 2. The molecule has 0 unspecified atom stereocenters. The topological polar surface area (TPSA) is 108 Å². The van der Waals surface area contributed by atoms with Gasteiger partial charge in [-0.2, -0.15) is 0 Å². The molecule has 4 amide bonds. The molecule has 2 aliphatic heterocycles. The first-order valence-electron chi connectivity index (χ1n) is 14.1. The van der Waals surface area contributed by atoms with Crippen molar-refractivity contribution in [2.75, 3.05) is 56.2 Å². The summed E-state index contributed by atoms with van der Waals surface area (Å²) in [6.07, 6.45) is 1.58. The minimum atomic E-state index is -0.521. The van der Waals surface area contributed by atoms with Crippen LogP contribution >= 0.6 is 23.4 Å². The summed E-state index contributed by atoms with van der Waals surface area (Å²) in [5.74, 6) is -0.440. The lowest BCUT2D eigenvalue weighted by Gasteiger charge is -2.36. The minimum Gasteiger partial charge on any atom is -0.490 e. The van der Waals surface area contributed by atoms with Crippen LogP contribution in [-0.2, 0) is 14.4 Å². The molecule has 44 heavy (non-hydrogen) atoms. The van der Waals surface area contributed by atoms with Crippen LogP contribution in [0.25, 0.3) is 6.08 Å². The van der Waals surface area contributed by atoms with Crippen molar-refractivity contribution in [2.24, 2.45) is 0 Å². The molecule has 0 aromatic heterocycles. The second-order valence-electron chi connectivity index (χ2n) is 9.96. The smallest absolute Gasteiger partial charge is 0.294 e. The summed E-state index contributed by atoms with van der Waals surface area (Å²) in [5, 5.41) is 2.72. The van der Waals surface area contributed by atoms with Crippen LogP contribution in [0.5, 0.6) is 11.5 Å². The van der Waals surface area contributed by atoms with Crippen LogP contribution < -0.4 is 19.7 Å². The van der Waals surface area contributed by atoms with E-state index in [1.165, 1.54) is 0 Å². The Hall–Kier alpha value is -4.48. The first kappa shape index (κ1) is 31.0. The molecule has 0 saturated carbocycles. The first-order valence-corrected chi connectivity index (χ1v) is 15.3. The third kappa shape index (κ3) is 7.72. The fourth-order valence-corrected chi connectivity index (χ4v) is 5.81.